The van der Waals surface area contributed by atoms with E-state index >= 15 is 0 Å². The molecule has 0 unspecified atom stereocenters. The molecule has 2 aliphatic rings. The Bertz CT molecular complexity index is 1500. The molecule has 6 rings (SSSR count). The molecule has 0 fully saturated rings. The van der Waals surface area contributed by atoms with Gasteiger partial charge in [0.1, 0.15) is 24.0 Å². The standard InChI is InChI=1S/C28H25N3O4/c1-17-10-24-22(15-31(16-34-24)13-18-6-8-29-9-7-18)28-26(17)27(32)25(35-28)11-19-14-30(2)23-5-4-20(33-3)12-21(19)23/h4-12,14H,13,15-16H2,1-3H3/b25-11-. The highest BCUT2D eigenvalue weighted by Gasteiger charge is 2.35. The number of rotatable bonds is 4. The van der Waals surface area contributed by atoms with Crippen LogP contribution in [0.4, 0.5) is 0 Å². The van der Waals surface area contributed by atoms with Crippen LogP contribution in [-0.2, 0) is 20.1 Å². The van der Waals surface area contributed by atoms with E-state index in [1.165, 1.54) is 0 Å². The minimum atomic E-state index is -0.105. The third-order valence-corrected chi connectivity index (χ3v) is 6.66. The number of aryl methyl sites for hydroxylation is 2. The van der Waals surface area contributed by atoms with Crippen molar-refractivity contribution in [2.24, 2.45) is 7.05 Å². The number of ketones is 1. The lowest BCUT2D eigenvalue weighted by molar-refractivity contribution is 0.0872. The molecule has 0 aliphatic carbocycles. The van der Waals surface area contributed by atoms with Crippen molar-refractivity contribution in [2.45, 2.75) is 20.0 Å². The maximum Gasteiger partial charge on any atom is 0.232 e. The van der Waals surface area contributed by atoms with Crippen molar-refractivity contribution < 1.29 is 19.0 Å². The van der Waals surface area contributed by atoms with Crippen molar-refractivity contribution in [3.8, 4) is 17.2 Å². The first-order chi connectivity index (χ1) is 17.0. The van der Waals surface area contributed by atoms with Gasteiger partial charge in [-0.2, -0.15) is 0 Å². The summed E-state index contributed by atoms with van der Waals surface area (Å²) < 4.78 is 19.8. The number of ether oxygens (including phenoxy) is 3. The molecule has 2 aromatic heterocycles. The summed E-state index contributed by atoms with van der Waals surface area (Å²) in [6.45, 7) is 3.76. The molecular formula is C28H25N3O4. The Labute approximate surface area is 203 Å². The number of nitrogens with zero attached hydrogens (tertiary/aromatic N) is 3. The van der Waals surface area contributed by atoms with Crippen LogP contribution in [0.15, 0.2) is 60.7 Å². The summed E-state index contributed by atoms with van der Waals surface area (Å²) in [5, 5.41) is 0.998. The molecule has 2 aliphatic heterocycles. The van der Waals surface area contributed by atoms with Crippen molar-refractivity contribution in [3.63, 3.8) is 0 Å². The summed E-state index contributed by atoms with van der Waals surface area (Å²) in [6, 6.07) is 11.9. The average molecular weight is 468 g/mol. The second-order valence-electron chi connectivity index (χ2n) is 9.01. The van der Waals surface area contributed by atoms with Crippen molar-refractivity contribution in [3.05, 3.63) is 88.6 Å². The predicted molar refractivity (Wildman–Crippen MR) is 133 cm³/mol. The van der Waals surface area contributed by atoms with Gasteiger partial charge >= 0.3 is 0 Å². The molecule has 0 saturated carbocycles. The van der Waals surface area contributed by atoms with Crippen molar-refractivity contribution in [1.29, 1.82) is 0 Å². The van der Waals surface area contributed by atoms with E-state index in [0.717, 1.165) is 51.2 Å². The van der Waals surface area contributed by atoms with Gasteiger partial charge in [-0.05, 0) is 60.5 Å². The first-order valence-electron chi connectivity index (χ1n) is 11.5. The number of carbonyl (C=O) groups excluding carboxylic acids is 1. The first-order valence-corrected chi connectivity index (χ1v) is 11.5. The fourth-order valence-electron chi connectivity index (χ4n) is 4.91. The molecule has 7 nitrogen and oxygen atoms in total. The first kappa shape index (κ1) is 21.4. The number of carbonyl (C=O) groups is 1. The van der Waals surface area contributed by atoms with Gasteiger partial charge in [0.25, 0.3) is 0 Å². The highest BCUT2D eigenvalue weighted by molar-refractivity contribution is 6.16. The molecule has 0 atom stereocenters. The van der Waals surface area contributed by atoms with Gasteiger partial charge in [-0.1, -0.05) is 0 Å². The van der Waals surface area contributed by atoms with Gasteiger partial charge in [0, 0.05) is 55.2 Å². The summed E-state index contributed by atoms with van der Waals surface area (Å²) in [4.78, 5) is 19.7. The minimum absolute atomic E-state index is 0.105. The van der Waals surface area contributed by atoms with Crippen molar-refractivity contribution >= 4 is 22.8 Å². The average Bonchev–Trinajstić information content (AvgIpc) is 3.37. The monoisotopic (exact) mass is 467 g/mol. The Balaban J connectivity index is 1.36. The van der Waals surface area contributed by atoms with Crippen LogP contribution in [0.3, 0.4) is 0 Å². The molecule has 0 amide bonds. The number of hydrogen-bond acceptors (Lipinski definition) is 6. The molecule has 35 heavy (non-hydrogen) atoms. The molecule has 7 heteroatoms. The van der Waals surface area contributed by atoms with E-state index in [9.17, 15) is 4.79 Å². The van der Waals surface area contributed by atoms with Crippen LogP contribution >= 0.6 is 0 Å². The summed E-state index contributed by atoms with van der Waals surface area (Å²) >= 11 is 0. The molecule has 4 aromatic rings. The molecule has 0 bridgehead atoms. The molecule has 0 saturated heterocycles. The van der Waals surface area contributed by atoms with E-state index in [1.807, 2.05) is 67.2 Å². The van der Waals surface area contributed by atoms with Gasteiger partial charge in [-0.3, -0.25) is 14.7 Å². The van der Waals surface area contributed by atoms with Crippen LogP contribution in [0.5, 0.6) is 17.2 Å². The fraction of sp³-hybridized carbons (Fsp3) is 0.214. The number of methoxy groups -OCH3 is 1. The number of Topliss-reactive ketones (excluding diaryl/α,β-unsaturated/α-hetero) is 1. The summed E-state index contributed by atoms with van der Waals surface area (Å²) in [5.74, 6) is 2.36. The molecule has 176 valence electrons. The SMILES string of the molecule is COc1ccc2c(c1)c(/C=C1\Oc3c4c(cc(C)c3C1=O)OCN(Cc1ccncc1)C4)cn2C. The summed E-state index contributed by atoms with van der Waals surface area (Å²) in [5.41, 5.74) is 5.48. The quantitative estimate of drug-likeness (QED) is 0.400. The van der Waals surface area contributed by atoms with Gasteiger partial charge < -0.3 is 18.8 Å². The topological polar surface area (TPSA) is 65.8 Å². The number of hydrogen-bond donors (Lipinski definition) is 0. The Morgan fingerprint density at radius 2 is 2.00 bits per heavy atom. The lowest BCUT2D eigenvalue weighted by atomic mass is 9.98. The van der Waals surface area contributed by atoms with E-state index in [1.54, 1.807) is 19.5 Å². The van der Waals surface area contributed by atoms with Crippen LogP contribution < -0.4 is 14.2 Å². The van der Waals surface area contributed by atoms with E-state index < -0.39 is 0 Å². The minimum Gasteiger partial charge on any atom is -0.497 e. The predicted octanol–water partition coefficient (Wildman–Crippen LogP) is 4.86. The van der Waals surface area contributed by atoms with Gasteiger partial charge in [0.2, 0.25) is 5.78 Å². The second-order valence-corrected chi connectivity index (χ2v) is 9.01. The fourth-order valence-corrected chi connectivity index (χ4v) is 4.91. The Morgan fingerprint density at radius 3 is 2.80 bits per heavy atom. The third kappa shape index (κ3) is 3.65. The Kier molecular flexibility index (Phi) is 5.07. The number of benzene rings is 2. The maximum absolute atomic E-state index is 13.5. The molecule has 2 aromatic carbocycles. The maximum atomic E-state index is 13.5. The lowest BCUT2D eigenvalue weighted by Gasteiger charge is -2.30. The van der Waals surface area contributed by atoms with Crippen molar-refractivity contribution in [2.75, 3.05) is 13.8 Å². The zero-order chi connectivity index (χ0) is 24.1. The van der Waals surface area contributed by atoms with E-state index in [4.69, 9.17) is 14.2 Å². The van der Waals surface area contributed by atoms with E-state index in [0.29, 0.717) is 30.3 Å². The van der Waals surface area contributed by atoms with Gasteiger partial charge in [0.05, 0.1) is 18.2 Å². The summed E-state index contributed by atoms with van der Waals surface area (Å²) in [7, 11) is 3.63. The highest BCUT2D eigenvalue weighted by atomic mass is 16.5. The lowest BCUT2D eigenvalue weighted by Crippen LogP contribution is -2.31. The van der Waals surface area contributed by atoms with Gasteiger partial charge in [-0.15, -0.1) is 0 Å². The zero-order valence-corrected chi connectivity index (χ0v) is 19.9. The Hall–Kier alpha value is -4.10. The largest absolute Gasteiger partial charge is 0.497 e. The summed E-state index contributed by atoms with van der Waals surface area (Å²) in [6.07, 6.45) is 7.40. The molecule has 4 heterocycles. The molecule has 0 radical (unpaired) electrons. The van der Waals surface area contributed by atoms with Crippen LogP contribution in [0, 0.1) is 6.92 Å². The van der Waals surface area contributed by atoms with E-state index in [-0.39, 0.29) is 5.78 Å². The van der Waals surface area contributed by atoms with Crippen LogP contribution in [0.25, 0.3) is 17.0 Å². The van der Waals surface area contributed by atoms with Crippen LogP contribution in [0.1, 0.15) is 32.6 Å². The van der Waals surface area contributed by atoms with Crippen LogP contribution in [0.2, 0.25) is 0 Å². The highest BCUT2D eigenvalue weighted by Crippen LogP contribution is 2.44. The second kappa shape index (κ2) is 8.29. The number of aromatic nitrogens is 2. The van der Waals surface area contributed by atoms with Gasteiger partial charge in [-0.25, -0.2) is 0 Å². The smallest absolute Gasteiger partial charge is 0.232 e. The molecule has 0 N–H and O–H groups in total. The zero-order valence-electron chi connectivity index (χ0n) is 19.9. The van der Waals surface area contributed by atoms with Gasteiger partial charge in [0.15, 0.2) is 5.76 Å². The molecule has 0 spiro atoms. The number of allylic oxidation sites excluding steroid dienone is 1. The number of pyridine rings is 1. The van der Waals surface area contributed by atoms with E-state index in [2.05, 4.69) is 9.88 Å². The normalized spacial score (nSPS) is 16.2. The van der Waals surface area contributed by atoms with Crippen LogP contribution in [-0.4, -0.2) is 34.1 Å². The Morgan fingerprint density at radius 1 is 1.17 bits per heavy atom. The van der Waals surface area contributed by atoms with Crippen molar-refractivity contribution in [1.82, 2.24) is 14.5 Å². The third-order valence-electron chi connectivity index (χ3n) is 6.66. The molecular weight excluding hydrogens is 442 g/mol. The number of fused-ring (bicyclic) bond motifs is 4.